The number of hydrogen-bond donors (Lipinski definition) is 1. The summed E-state index contributed by atoms with van der Waals surface area (Å²) in [5.41, 5.74) is 1.07. The summed E-state index contributed by atoms with van der Waals surface area (Å²) in [7, 11) is 0. The smallest absolute Gasteiger partial charge is 0.225 e. The Morgan fingerprint density at radius 3 is 3.05 bits per heavy atom. The minimum atomic E-state index is 0. The molecule has 0 radical (unpaired) electrons. The molecule has 1 fully saturated rings. The monoisotopic (exact) mass is 322 g/mol. The molecule has 1 unspecified atom stereocenters. The minimum absolute atomic E-state index is 0. The van der Waals surface area contributed by atoms with Crippen LogP contribution in [0.15, 0.2) is 37.2 Å². The summed E-state index contributed by atoms with van der Waals surface area (Å²) in [6, 6.07) is 3.97. The molecule has 0 bridgehead atoms. The summed E-state index contributed by atoms with van der Waals surface area (Å²) < 4.78 is 1.68. The van der Waals surface area contributed by atoms with Gasteiger partial charge in [-0.15, -0.1) is 12.4 Å². The summed E-state index contributed by atoms with van der Waals surface area (Å²) >= 11 is 0. The summed E-state index contributed by atoms with van der Waals surface area (Å²) in [6.07, 6.45) is 7.11. The first kappa shape index (κ1) is 16.4. The Bertz CT molecular complexity index is 576. The minimum Gasteiger partial charge on any atom is -0.333 e. The van der Waals surface area contributed by atoms with Gasteiger partial charge in [-0.1, -0.05) is 6.07 Å². The van der Waals surface area contributed by atoms with Gasteiger partial charge < -0.3 is 10.2 Å². The third kappa shape index (κ3) is 3.80. The zero-order valence-electron chi connectivity index (χ0n) is 12.1. The van der Waals surface area contributed by atoms with Crippen LogP contribution in [0.4, 0.5) is 0 Å². The lowest BCUT2D eigenvalue weighted by Crippen LogP contribution is -2.48. The van der Waals surface area contributed by atoms with Gasteiger partial charge in [0.1, 0.15) is 12.7 Å². The number of pyridine rings is 1. The van der Waals surface area contributed by atoms with Crippen LogP contribution < -0.4 is 5.32 Å². The highest BCUT2D eigenvalue weighted by Gasteiger charge is 2.27. The number of amides is 1. The molecular weight excluding hydrogens is 304 g/mol. The maximum Gasteiger partial charge on any atom is 0.225 e. The summed E-state index contributed by atoms with van der Waals surface area (Å²) in [4.78, 5) is 22.5. The molecule has 1 aliphatic heterocycles. The lowest BCUT2D eigenvalue weighted by atomic mass is 10.0. The molecule has 1 amide bonds. The summed E-state index contributed by atoms with van der Waals surface area (Å²) in [5, 5.41) is 7.36. The average Bonchev–Trinajstić information content (AvgIpc) is 3.07. The second-order valence-corrected chi connectivity index (χ2v) is 5.00. The number of aryl methyl sites for hydroxylation is 1. The quantitative estimate of drug-likeness (QED) is 0.895. The predicted molar refractivity (Wildman–Crippen MR) is 83.4 cm³/mol. The first-order chi connectivity index (χ1) is 10.3. The number of nitrogens with one attached hydrogen (secondary N) is 1. The fourth-order valence-corrected chi connectivity index (χ4v) is 2.58. The Hall–Kier alpha value is -1.99. The van der Waals surface area contributed by atoms with Crippen LogP contribution in [-0.2, 0) is 11.3 Å². The molecule has 2 aromatic rings. The van der Waals surface area contributed by atoms with E-state index in [9.17, 15) is 4.79 Å². The van der Waals surface area contributed by atoms with Crippen LogP contribution in [0, 0.1) is 0 Å². The Balaban J connectivity index is 0.00000176. The van der Waals surface area contributed by atoms with E-state index < -0.39 is 0 Å². The van der Waals surface area contributed by atoms with Crippen molar-refractivity contribution in [2.45, 2.75) is 19.0 Å². The number of hydrogen-bond acceptors (Lipinski definition) is 5. The molecule has 0 aliphatic carbocycles. The van der Waals surface area contributed by atoms with Crippen molar-refractivity contribution in [2.24, 2.45) is 0 Å². The van der Waals surface area contributed by atoms with Crippen molar-refractivity contribution >= 4 is 18.3 Å². The third-order valence-electron chi connectivity index (χ3n) is 3.65. The number of piperazine rings is 1. The van der Waals surface area contributed by atoms with Gasteiger partial charge in [-0.2, -0.15) is 5.10 Å². The normalized spacial score (nSPS) is 17.8. The van der Waals surface area contributed by atoms with Gasteiger partial charge >= 0.3 is 0 Å². The molecule has 1 atom stereocenters. The highest BCUT2D eigenvalue weighted by Crippen LogP contribution is 2.22. The topological polar surface area (TPSA) is 75.9 Å². The molecule has 1 saturated heterocycles. The fraction of sp³-hybridized carbons (Fsp3) is 0.429. The van der Waals surface area contributed by atoms with Crippen molar-refractivity contribution in [2.75, 3.05) is 19.6 Å². The van der Waals surface area contributed by atoms with Crippen molar-refractivity contribution in [1.29, 1.82) is 0 Å². The molecule has 0 aromatic carbocycles. The first-order valence-corrected chi connectivity index (χ1v) is 7.07. The van der Waals surface area contributed by atoms with Crippen molar-refractivity contribution in [3.8, 4) is 0 Å². The van der Waals surface area contributed by atoms with Crippen molar-refractivity contribution in [3.63, 3.8) is 0 Å². The molecule has 1 aliphatic rings. The third-order valence-corrected chi connectivity index (χ3v) is 3.65. The molecule has 3 rings (SSSR count). The van der Waals surface area contributed by atoms with Crippen LogP contribution >= 0.6 is 12.4 Å². The maximum absolute atomic E-state index is 12.5. The van der Waals surface area contributed by atoms with Gasteiger partial charge in [-0.3, -0.25) is 14.5 Å². The second-order valence-electron chi connectivity index (χ2n) is 5.00. The number of nitrogens with zero attached hydrogens (tertiary/aromatic N) is 5. The van der Waals surface area contributed by atoms with Crippen LogP contribution in [0.3, 0.4) is 0 Å². The zero-order valence-corrected chi connectivity index (χ0v) is 12.9. The first-order valence-electron chi connectivity index (χ1n) is 7.07. The molecule has 22 heavy (non-hydrogen) atoms. The number of aromatic nitrogens is 4. The van der Waals surface area contributed by atoms with E-state index in [0.29, 0.717) is 13.0 Å². The molecule has 3 heterocycles. The van der Waals surface area contributed by atoms with E-state index in [1.165, 1.54) is 6.33 Å². The molecule has 7 nitrogen and oxygen atoms in total. The molecule has 2 aromatic heterocycles. The van der Waals surface area contributed by atoms with Gasteiger partial charge in [-0.25, -0.2) is 4.98 Å². The maximum atomic E-state index is 12.5. The van der Waals surface area contributed by atoms with E-state index in [2.05, 4.69) is 20.4 Å². The van der Waals surface area contributed by atoms with Gasteiger partial charge in [0.15, 0.2) is 0 Å². The van der Waals surface area contributed by atoms with E-state index in [4.69, 9.17) is 0 Å². The standard InChI is InChI=1S/C14H18N6O.ClH/c21-14(3-6-19-11-17-10-18-19)20-7-5-16-9-13(20)12-2-1-4-15-8-12;/h1-2,4,8,10-11,13,16H,3,5-7,9H2;1H. The Morgan fingerprint density at radius 1 is 1.41 bits per heavy atom. The number of carbonyl (C=O) groups excluding carboxylic acids is 1. The largest absolute Gasteiger partial charge is 0.333 e. The Kier molecular flexibility index (Phi) is 5.85. The van der Waals surface area contributed by atoms with Gasteiger partial charge in [0, 0.05) is 38.4 Å². The molecule has 118 valence electrons. The van der Waals surface area contributed by atoms with E-state index >= 15 is 0 Å². The van der Waals surface area contributed by atoms with Gasteiger partial charge in [0.2, 0.25) is 5.91 Å². The molecule has 1 N–H and O–H groups in total. The highest BCUT2D eigenvalue weighted by molar-refractivity contribution is 5.85. The van der Waals surface area contributed by atoms with Crippen LogP contribution in [0.1, 0.15) is 18.0 Å². The fourth-order valence-electron chi connectivity index (χ4n) is 2.58. The summed E-state index contributed by atoms with van der Waals surface area (Å²) in [6.45, 7) is 2.87. The highest BCUT2D eigenvalue weighted by atomic mass is 35.5. The summed E-state index contributed by atoms with van der Waals surface area (Å²) in [5.74, 6) is 0.140. The lowest BCUT2D eigenvalue weighted by Gasteiger charge is -2.36. The SMILES string of the molecule is Cl.O=C(CCn1cncn1)N1CCNCC1c1cccnc1. The van der Waals surface area contributed by atoms with E-state index in [-0.39, 0.29) is 24.4 Å². The van der Waals surface area contributed by atoms with Crippen LogP contribution in [0.25, 0.3) is 0 Å². The van der Waals surface area contributed by atoms with Crippen LogP contribution in [0.2, 0.25) is 0 Å². The van der Waals surface area contributed by atoms with Crippen LogP contribution in [0.5, 0.6) is 0 Å². The van der Waals surface area contributed by atoms with E-state index in [1.54, 1.807) is 17.2 Å². The number of halogens is 1. The van der Waals surface area contributed by atoms with Gasteiger partial charge in [0.05, 0.1) is 12.6 Å². The zero-order chi connectivity index (χ0) is 14.5. The van der Waals surface area contributed by atoms with Crippen molar-refractivity contribution in [3.05, 3.63) is 42.7 Å². The van der Waals surface area contributed by atoms with Gasteiger partial charge in [-0.05, 0) is 11.6 Å². The number of rotatable bonds is 4. The second kappa shape index (κ2) is 7.86. The van der Waals surface area contributed by atoms with E-state index in [1.807, 2.05) is 23.2 Å². The van der Waals surface area contributed by atoms with E-state index in [0.717, 1.165) is 25.2 Å². The van der Waals surface area contributed by atoms with Crippen molar-refractivity contribution < 1.29 is 4.79 Å². The molecule has 0 saturated carbocycles. The lowest BCUT2D eigenvalue weighted by molar-refractivity contribution is -0.134. The van der Waals surface area contributed by atoms with Crippen LogP contribution in [-0.4, -0.2) is 50.2 Å². The Labute approximate surface area is 135 Å². The number of carbonyl (C=O) groups is 1. The average molecular weight is 323 g/mol. The molecular formula is C14H19ClN6O. The Morgan fingerprint density at radius 2 is 2.32 bits per heavy atom. The predicted octanol–water partition coefficient (Wildman–Crippen LogP) is 0.658. The van der Waals surface area contributed by atoms with Gasteiger partial charge in [0.25, 0.3) is 0 Å². The molecule has 0 spiro atoms. The molecule has 8 heteroatoms. The van der Waals surface area contributed by atoms with Crippen molar-refractivity contribution in [1.82, 2.24) is 30.0 Å².